The maximum Gasteiger partial charge on any atom is 0.326 e. The predicted octanol–water partition coefficient (Wildman–Crippen LogP) is 2.43. The normalized spacial score (nSPS) is 17.9. The summed E-state index contributed by atoms with van der Waals surface area (Å²) in [5, 5.41) is 12.1. The van der Waals surface area contributed by atoms with Gasteiger partial charge in [-0.25, -0.2) is 9.59 Å². The number of ether oxygens (including phenoxy) is 1. The summed E-state index contributed by atoms with van der Waals surface area (Å²) in [5.41, 5.74) is 0.395. The highest BCUT2D eigenvalue weighted by molar-refractivity contribution is 6.33. The third-order valence-corrected chi connectivity index (χ3v) is 3.54. The fraction of sp³-hybridized carbons (Fsp3) is 0.385. The molecule has 20 heavy (non-hydrogen) atoms. The van der Waals surface area contributed by atoms with Crippen LogP contribution in [0.4, 0.5) is 10.5 Å². The van der Waals surface area contributed by atoms with Gasteiger partial charge in [-0.3, -0.25) is 0 Å². The lowest BCUT2D eigenvalue weighted by Crippen LogP contribution is -2.42. The molecule has 0 aromatic heterocycles. The smallest absolute Gasteiger partial charge is 0.326 e. The molecule has 1 atom stereocenters. The zero-order valence-corrected chi connectivity index (χ0v) is 11.7. The number of benzene rings is 1. The molecule has 2 rings (SSSR count). The van der Waals surface area contributed by atoms with E-state index in [-0.39, 0.29) is 0 Å². The molecule has 0 saturated carbocycles. The Bertz CT molecular complexity index is 535. The van der Waals surface area contributed by atoms with E-state index in [1.807, 2.05) is 0 Å². The van der Waals surface area contributed by atoms with Gasteiger partial charge in [-0.15, -0.1) is 0 Å². The fourth-order valence-corrected chi connectivity index (χ4v) is 2.35. The molecule has 6 nitrogen and oxygen atoms in total. The largest absolute Gasteiger partial charge is 0.497 e. The van der Waals surface area contributed by atoms with E-state index in [1.165, 1.54) is 12.0 Å². The maximum absolute atomic E-state index is 12.1. The van der Waals surface area contributed by atoms with Crippen LogP contribution in [0.25, 0.3) is 0 Å². The number of urea groups is 1. The SMILES string of the molecule is COc1ccc(Cl)c(NC(=O)N2CCCC2C(=O)O)c1. The van der Waals surface area contributed by atoms with Crippen molar-refractivity contribution in [3.63, 3.8) is 0 Å². The van der Waals surface area contributed by atoms with Crippen LogP contribution in [-0.2, 0) is 4.79 Å². The number of rotatable bonds is 3. The van der Waals surface area contributed by atoms with E-state index >= 15 is 0 Å². The summed E-state index contributed by atoms with van der Waals surface area (Å²) < 4.78 is 5.06. The van der Waals surface area contributed by atoms with Crippen LogP contribution < -0.4 is 10.1 Å². The van der Waals surface area contributed by atoms with Crippen molar-refractivity contribution in [3.8, 4) is 5.75 Å². The first-order chi connectivity index (χ1) is 9.52. The topological polar surface area (TPSA) is 78.9 Å². The molecule has 1 fully saturated rings. The van der Waals surface area contributed by atoms with Crippen molar-refractivity contribution in [3.05, 3.63) is 23.2 Å². The monoisotopic (exact) mass is 298 g/mol. The number of amides is 2. The van der Waals surface area contributed by atoms with Crippen molar-refractivity contribution in [1.29, 1.82) is 0 Å². The second kappa shape index (κ2) is 6.00. The van der Waals surface area contributed by atoms with E-state index in [1.54, 1.807) is 18.2 Å². The van der Waals surface area contributed by atoms with Crippen molar-refractivity contribution in [2.45, 2.75) is 18.9 Å². The lowest BCUT2D eigenvalue weighted by atomic mass is 10.2. The van der Waals surface area contributed by atoms with E-state index in [4.69, 9.17) is 21.4 Å². The van der Waals surface area contributed by atoms with Crippen molar-refractivity contribution in [2.75, 3.05) is 19.0 Å². The molecule has 1 aliphatic rings. The average molecular weight is 299 g/mol. The zero-order chi connectivity index (χ0) is 14.7. The van der Waals surface area contributed by atoms with Gasteiger partial charge in [0.05, 0.1) is 17.8 Å². The van der Waals surface area contributed by atoms with Gasteiger partial charge in [-0.2, -0.15) is 0 Å². The first kappa shape index (κ1) is 14.5. The number of halogens is 1. The van der Waals surface area contributed by atoms with Gasteiger partial charge in [0.15, 0.2) is 0 Å². The molecule has 2 amide bonds. The highest BCUT2D eigenvalue weighted by Gasteiger charge is 2.34. The molecule has 1 aromatic rings. The second-order valence-electron chi connectivity index (χ2n) is 4.47. The number of hydrogen-bond donors (Lipinski definition) is 2. The van der Waals surface area contributed by atoms with E-state index in [9.17, 15) is 9.59 Å². The standard InChI is InChI=1S/C13H15ClN2O4/c1-20-8-4-5-9(14)10(7-8)15-13(19)16-6-2-3-11(16)12(17)18/h4-5,7,11H,2-3,6H2,1H3,(H,15,19)(H,17,18). The van der Waals surface area contributed by atoms with Crippen LogP contribution in [0.15, 0.2) is 18.2 Å². The quantitative estimate of drug-likeness (QED) is 0.898. The molecule has 1 aliphatic heterocycles. The Morgan fingerprint density at radius 3 is 2.90 bits per heavy atom. The molecule has 0 aliphatic carbocycles. The molecule has 0 bridgehead atoms. The number of aliphatic carboxylic acids is 1. The molecule has 1 saturated heterocycles. The minimum Gasteiger partial charge on any atom is -0.497 e. The molecule has 1 unspecified atom stereocenters. The molecule has 7 heteroatoms. The molecule has 1 heterocycles. The van der Waals surface area contributed by atoms with Crippen LogP contribution in [0, 0.1) is 0 Å². The van der Waals surface area contributed by atoms with Gasteiger partial charge >= 0.3 is 12.0 Å². The lowest BCUT2D eigenvalue weighted by Gasteiger charge is -2.22. The van der Waals surface area contributed by atoms with Crippen LogP contribution in [0.3, 0.4) is 0 Å². The van der Waals surface area contributed by atoms with Crippen LogP contribution in [0.5, 0.6) is 5.75 Å². The molecule has 108 valence electrons. The van der Waals surface area contributed by atoms with Crippen LogP contribution in [0.1, 0.15) is 12.8 Å². The lowest BCUT2D eigenvalue weighted by molar-refractivity contribution is -0.141. The Labute approximate surface area is 121 Å². The molecule has 0 spiro atoms. The molecule has 0 radical (unpaired) electrons. The predicted molar refractivity (Wildman–Crippen MR) is 74.4 cm³/mol. The number of carbonyl (C=O) groups is 2. The van der Waals surface area contributed by atoms with Gasteiger partial charge in [0.1, 0.15) is 11.8 Å². The van der Waals surface area contributed by atoms with Gasteiger partial charge in [0, 0.05) is 12.6 Å². The third-order valence-electron chi connectivity index (χ3n) is 3.21. The third kappa shape index (κ3) is 2.96. The Morgan fingerprint density at radius 2 is 2.25 bits per heavy atom. The van der Waals surface area contributed by atoms with Crippen molar-refractivity contribution < 1.29 is 19.4 Å². The second-order valence-corrected chi connectivity index (χ2v) is 4.87. The Balaban J connectivity index is 2.13. The van der Waals surface area contributed by atoms with Crippen LogP contribution in [-0.4, -0.2) is 41.7 Å². The van der Waals surface area contributed by atoms with Gasteiger partial charge in [-0.1, -0.05) is 11.6 Å². The van der Waals surface area contributed by atoms with Crippen LogP contribution >= 0.6 is 11.6 Å². The van der Waals surface area contributed by atoms with Crippen molar-refractivity contribution in [1.82, 2.24) is 4.90 Å². The van der Waals surface area contributed by atoms with E-state index in [0.717, 1.165) is 0 Å². The number of nitrogens with zero attached hydrogens (tertiary/aromatic N) is 1. The molecule has 1 aromatic carbocycles. The summed E-state index contributed by atoms with van der Waals surface area (Å²) in [6.45, 7) is 0.421. The van der Waals surface area contributed by atoms with Crippen LogP contribution in [0.2, 0.25) is 5.02 Å². The zero-order valence-electron chi connectivity index (χ0n) is 10.9. The number of carbonyl (C=O) groups excluding carboxylic acids is 1. The number of likely N-dealkylation sites (tertiary alicyclic amines) is 1. The number of nitrogens with one attached hydrogen (secondary N) is 1. The number of carboxylic acids is 1. The number of methoxy groups -OCH3 is 1. The summed E-state index contributed by atoms with van der Waals surface area (Å²) in [6, 6.07) is 3.62. The summed E-state index contributed by atoms with van der Waals surface area (Å²) in [4.78, 5) is 24.5. The van der Waals surface area contributed by atoms with Gasteiger partial charge in [-0.05, 0) is 25.0 Å². The Kier molecular flexibility index (Phi) is 4.34. The molecular weight excluding hydrogens is 284 g/mol. The number of carboxylic acid groups (broad SMARTS) is 1. The minimum atomic E-state index is -0.991. The Hall–Kier alpha value is -1.95. The van der Waals surface area contributed by atoms with Gasteiger partial charge in [0.25, 0.3) is 0 Å². The first-order valence-electron chi connectivity index (χ1n) is 6.17. The molecular formula is C13H15ClN2O4. The van der Waals surface area contributed by atoms with Crippen molar-refractivity contribution >= 4 is 29.3 Å². The van der Waals surface area contributed by atoms with Gasteiger partial charge in [0.2, 0.25) is 0 Å². The van der Waals surface area contributed by atoms with Crippen molar-refractivity contribution in [2.24, 2.45) is 0 Å². The van der Waals surface area contributed by atoms with E-state index in [0.29, 0.717) is 35.8 Å². The minimum absolute atomic E-state index is 0.366. The number of hydrogen-bond acceptors (Lipinski definition) is 3. The summed E-state index contributed by atoms with van der Waals surface area (Å²) in [5.74, 6) is -0.435. The first-order valence-corrected chi connectivity index (χ1v) is 6.54. The summed E-state index contributed by atoms with van der Waals surface area (Å²) >= 11 is 6.00. The fourth-order valence-electron chi connectivity index (χ4n) is 2.18. The molecule has 2 N–H and O–H groups in total. The highest BCUT2D eigenvalue weighted by atomic mass is 35.5. The average Bonchev–Trinajstić information content (AvgIpc) is 2.90. The Morgan fingerprint density at radius 1 is 1.50 bits per heavy atom. The van der Waals surface area contributed by atoms with E-state index in [2.05, 4.69) is 5.32 Å². The summed E-state index contributed by atoms with van der Waals surface area (Å²) in [6.07, 6.45) is 1.14. The van der Waals surface area contributed by atoms with E-state index < -0.39 is 18.0 Å². The summed E-state index contributed by atoms with van der Waals surface area (Å²) in [7, 11) is 1.51. The highest BCUT2D eigenvalue weighted by Crippen LogP contribution is 2.28. The van der Waals surface area contributed by atoms with Gasteiger partial charge < -0.3 is 20.1 Å². The number of anilines is 1. The maximum atomic E-state index is 12.1.